The summed E-state index contributed by atoms with van der Waals surface area (Å²) in [6.07, 6.45) is 0.952. The molecule has 0 fully saturated rings. The second kappa shape index (κ2) is 13.0. The highest BCUT2D eigenvalue weighted by atomic mass is 35.5. The minimum absolute atomic E-state index is 0. The Hall–Kier alpha value is -3.48. The number of carbonyl (C=O) groups is 3. The van der Waals surface area contributed by atoms with Gasteiger partial charge in [-0.15, -0.1) is 12.4 Å². The molecule has 32 heavy (non-hydrogen) atoms. The fourth-order valence-electron chi connectivity index (χ4n) is 2.94. The highest BCUT2D eigenvalue weighted by Gasteiger charge is 2.16. The summed E-state index contributed by atoms with van der Waals surface area (Å²) in [5.74, 6) is -0.600. The SMILES string of the molecule is Cl.O=CCNCc1ccc(OC(=O)Cc2ccccc2)c(OC(=O)Cc2ccccc2)c1. The Bertz CT molecular complexity index is 1030. The van der Waals surface area contributed by atoms with E-state index in [4.69, 9.17) is 9.47 Å². The van der Waals surface area contributed by atoms with Crippen LogP contribution in [0.15, 0.2) is 78.9 Å². The van der Waals surface area contributed by atoms with E-state index in [9.17, 15) is 14.4 Å². The summed E-state index contributed by atoms with van der Waals surface area (Å²) in [6, 6.07) is 23.4. The summed E-state index contributed by atoms with van der Waals surface area (Å²) >= 11 is 0. The lowest BCUT2D eigenvalue weighted by Gasteiger charge is -2.13. The molecule has 6 nitrogen and oxygen atoms in total. The van der Waals surface area contributed by atoms with Gasteiger partial charge in [-0.1, -0.05) is 66.7 Å². The van der Waals surface area contributed by atoms with Crippen LogP contribution >= 0.6 is 12.4 Å². The van der Waals surface area contributed by atoms with Crippen molar-refractivity contribution >= 4 is 30.6 Å². The van der Waals surface area contributed by atoms with Gasteiger partial charge in [-0.2, -0.15) is 0 Å². The van der Waals surface area contributed by atoms with E-state index >= 15 is 0 Å². The molecule has 0 saturated heterocycles. The van der Waals surface area contributed by atoms with Gasteiger partial charge in [0.2, 0.25) is 0 Å². The zero-order chi connectivity index (χ0) is 21.9. The number of benzene rings is 3. The molecule has 0 bridgehead atoms. The summed E-state index contributed by atoms with van der Waals surface area (Å²) in [6.45, 7) is 0.608. The molecule has 1 N–H and O–H groups in total. The van der Waals surface area contributed by atoms with E-state index in [0.29, 0.717) is 6.54 Å². The maximum Gasteiger partial charge on any atom is 0.315 e. The van der Waals surface area contributed by atoms with Crippen LogP contribution in [0.1, 0.15) is 16.7 Å². The van der Waals surface area contributed by atoms with Gasteiger partial charge in [-0.3, -0.25) is 9.59 Å². The fraction of sp³-hybridized carbons (Fsp3) is 0.160. The molecule has 166 valence electrons. The van der Waals surface area contributed by atoms with Crippen molar-refractivity contribution in [3.8, 4) is 11.5 Å². The highest BCUT2D eigenvalue weighted by molar-refractivity contribution is 5.85. The third kappa shape index (κ3) is 7.98. The number of halogens is 1. The maximum atomic E-state index is 12.5. The van der Waals surface area contributed by atoms with E-state index in [2.05, 4.69) is 5.32 Å². The summed E-state index contributed by atoms with van der Waals surface area (Å²) in [5, 5.41) is 2.95. The van der Waals surface area contributed by atoms with E-state index in [-0.39, 0.29) is 43.3 Å². The largest absolute Gasteiger partial charge is 0.422 e. The van der Waals surface area contributed by atoms with Crippen molar-refractivity contribution in [2.45, 2.75) is 19.4 Å². The quantitative estimate of drug-likeness (QED) is 0.218. The molecule has 0 aliphatic carbocycles. The number of ether oxygens (including phenoxy) is 2. The molecule has 3 rings (SSSR count). The van der Waals surface area contributed by atoms with Gasteiger partial charge < -0.3 is 19.6 Å². The van der Waals surface area contributed by atoms with Crippen LogP contribution in [0.25, 0.3) is 0 Å². The Morgan fingerprint density at radius 2 is 1.25 bits per heavy atom. The Morgan fingerprint density at radius 1 is 0.719 bits per heavy atom. The van der Waals surface area contributed by atoms with Gasteiger partial charge in [0.05, 0.1) is 19.4 Å². The van der Waals surface area contributed by atoms with E-state index in [1.54, 1.807) is 18.2 Å². The molecule has 0 spiro atoms. The lowest BCUT2D eigenvalue weighted by molar-refractivity contribution is -0.136. The highest BCUT2D eigenvalue weighted by Crippen LogP contribution is 2.29. The zero-order valence-corrected chi connectivity index (χ0v) is 18.2. The van der Waals surface area contributed by atoms with Crippen LogP contribution in [0, 0.1) is 0 Å². The lowest BCUT2D eigenvalue weighted by atomic mass is 10.1. The summed E-state index contributed by atoms with van der Waals surface area (Å²) in [5.41, 5.74) is 2.43. The number of carbonyl (C=O) groups excluding carboxylic acids is 3. The predicted octanol–water partition coefficient (Wildman–Crippen LogP) is 3.69. The second-order valence-electron chi connectivity index (χ2n) is 6.85. The number of hydrogen-bond acceptors (Lipinski definition) is 6. The normalized spacial score (nSPS) is 10.0. The molecular weight excluding hydrogens is 430 g/mol. The van der Waals surface area contributed by atoms with Crippen molar-refractivity contribution < 1.29 is 23.9 Å². The number of esters is 2. The lowest BCUT2D eigenvalue weighted by Crippen LogP contribution is -2.17. The number of nitrogens with one attached hydrogen (secondary N) is 1. The molecule has 0 aromatic heterocycles. The van der Waals surface area contributed by atoms with Gasteiger partial charge in [-0.05, 0) is 28.8 Å². The molecule has 0 saturated carbocycles. The fourth-order valence-corrected chi connectivity index (χ4v) is 2.94. The van der Waals surface area contributed by atoms with Crippen LogP contribution in [-0.4, -0.2) is 24.8 Å². The Balaban J connectivity index is 0.00000363. The first-order chi connectivity index (χ1) is 15.1. The average Bonchev–Trinajstić information content (AvgIpc) is 2.77. The van der Waals surface area contributed by atoms with E-state index in [1.165, 1.54) is 0 Å². The van der Waals surface area contributed by atoms with Crippen LogP contribution in [0.5, 0.6) is 11.5 Å². The topological polar surface area (TPSA) is 81.7 Å². The number of hydrogen-bond donors (Lipinski definition) is 1. The third-order valence-electron chi connectivity index (χ3n) is 4.40. The first kappa shape index (κ1) is 24.8. The number of rotatable bonds is 10. The van der Waals surface area contributed by atoms with Crippen LogP contribution in [0.3, 0.4) is 0 Å². The van der Waals surface area contributed by atoms with Crippen molar-refractivity contribution in [3.05, 3.63) is 95.6 Å². The van der Waals surface area contributed by atoms with Crippen molar-refractivity contribution in [1.29, 1.82) is 0 Å². The van der Waals surface area contributed by atoms with Crippen molar-refractivity contribution in [3.63, 3.8) is 0 Å². The van der Waals surface area contributed by atoms with Gasteiger partial charge in [0.25, 0.3) is 0 Å². The van der Waals surface area contributed by atoms with Gasteiger partial charge in [-0.25, -0.2) is 0 Å². The molecule has 0 unspecified atom stereocenters. The Labute approximate surface area is 193 Å². The maximum absolute atomic E-state index is 12.5. The van der Waals surface area contributed by atoms with E-state index in [0.717, 1.165) is 23.0 Å². The average molecular weight is 454 g/mol. The molecule has 0 atom stereocenters. The molecule has 0 heterocycles. The summed E-state index contributed by atoms with van der Waals surface area (Å²) < 4.78 is 11.0. The first-order valence-corrected chi connectivity index (χ1v) is 9.90. The Kier molecular flexibility index (Phi) is 10.1. The minimum Gasteiger partial charge on any atom is -0.422 e. The second-order valence-corrected chi connectivity index (χ2v) is 6.85. The number of aldehydes is 1. The molecule has 0 aliphatic heterocycles. The standard InChI is InChI=1S/C25H23NO5.ClH/c27-14-13-26-18-21-11-12-22(30-24(28)16-19-7-3-1-4-8-19)23(15-21)31-25(29)17-20-9-5-2-6-10-20;/h1-12,14-15,26H,13,16-18H2;1H. The molecule has 0 aliphatic rings. The van der Waals surface area contributed by atoms with Crippen LogP contribution in [0.4, 0.5) is 0 Å². The zero-order valence-electron chi connectivity index (χ0n) is 17.4. The van der Waals surface area contributed by atoms with E-state index < -0.39 is 11.9 Å². The smallest absolute Gasteiger partial charge is 0.315 e. The minimum atomic E-state index is -0.468. The van der Waals surface area contributed by atoms with Crippen molar-refractivity contribution in [1.82, 2.24) is 5.32 Å². The Morgan fingerprint density at radius 3 is 1.78 bits per heavy atom. The monoisotopic (exact) mass is 453 g/mol. The van der Waals surface area contributed by atoms with Gasteiger partial charge in [0, 0.05) is 6.54 Å². The first-order valence-electron chi connectivity index (χ1n) is 9.90. The van der Waals surface area contributed by atoms with Crippen LogP contribution in [0.2, 0.25) is 0 Å². The van der Waals surface area contributed by atoms with Gasteiger partial charge in [0.15, 0.2) is 11.5 Å². The molecule has 0 radical (unpaired) electrons. The molecule has 3 aromatic carbocycles. The van der Waals surface area contributed by atoms with Crippen LogP contribution < -0.4 is 14.8 Å². The summed E-state index contributed by atoms with van der Waals surface area (Å²) in [4.78, 5) is 35.4. The third-order valence-corrected chi connectivity index (χ3v) is 4.40. The van der Waals surface area contributed by atoms with Gasteiger partial charge in [0.1, 0.15) is 6.29 Å². The molecular formula is C25H24ClNO5. The molecule has 7 heteroatoms. The summed E-state index contributed by atoms with van der Waals surface area (Å²) in [7, 11) is 0. The molecule has 0 amide bonds. The van der Waals surface area contributed by atoms with Gasteiger partial charge >= 0.3 is 11.9 Å². The predicted molar refractivity (Wildman–Crippen MR) is 123 cm³/mol. The van der Waals surface area contributed by atoms with Crippen LogP contribution in [-0.2, 0) is 33.8 Å². The van der Waals surface area contributed by atoms with Crippen molar-refractivity contribution in [2.75, 3.05) is 6.54 Å². The molecule has 3 aromatic rings. The van der Waals surface area contributed by atoms with E-state index in [1.807, 2.05) is 60.7 Å². The van der Waals surface area contributed by atoms with Crippen molar-refractivity contribution in [2.24, 2.45) is 0 Å².